The molecule has 0 radical (unpaired) electrons. The van der Waals surface area contributed by atoms with E-state index in [0.29, 0.717) is 58.6 Å². The van der Waals surface area contributed by atoms with Crippen molar-refractivity contribution in [1.82, 2.24) is 25.2 Å². The predicted octanol–water partition coefficient (Wildman–Crippen LogP) is 4.19. The number of halogens is 2. The number of nitrogens with zero attached hydrogens (tertiary/aromatic N) is 4. The van der Waals surface area contributed by atoms with Crippen LogP contribution in [0.25, 0.3) is 11.0 Å². The van der Waals surface area contributed by atoms with E-state index in [1.54, 1.807) is 19.2 Å². The van der Waals surface area contributed by atoms with Crippen molar-refractivity contribution in [3.8, 4) is 11.6 Å². The third kappa shape index (κ3) is 6.17. The Kier molecular flexibility index (Phi) is 8.33. The molecule has 0 spiro atoms. The number of ether oxygens (including phenoxy) is 2. The van der Waals surface area contributed by atoms with Gasteiger partial charge in [0.2, 0.25) is 5.88 Å². The lowest BCUT2D eigenvalue weighted by molar-refractivity contribution is 0.342. The Morgan fingerprint density at radius 1 is 1.29 bits per heavy atom. The summed E-state index contributed by atoms with van der Waals surface area (Å²) in [4.78, 5) is 15.2. The highest BCUT2D eigenvalue weighted by molar-refractivity contribution is 6.31. The lowest BCUT2D eigenvalue weighted by Gasteiger charge is -2.21. The van der Waals surface area contributed by atoms with Crippen LogP contribution >= 0.6 is 11.6 Å². The van der Waals surface area contributed by atoms with Gasteiger partial charge < -0.3 is 25.0 Å². The Balaban J connectivity index is 0.000000172. The zero-order chi connectivity index (χ0) is 24.8. The molecule has 1 saturated heterocycles. The highest BCUT2D eigenvalue weighted by atomic mass is 35.5. The zero-order valence-corrected chi connectivity index (χ0v) is 20.8. The van der Waals surface area contributed by atoms with Crippen molar-refractivity contribution >= 4 is 28.5 Å². The number of likely N-dealkylation sites (tertiary alicyclic amines) is 1. The summed E-state index contributed by atoms with van der Waals surface area (Å²) in [6.45, 7) is 7.96. The number of fused-ring (bicyclic) bond motifs is 2. The van der Waals surface area contributed by atoms with Crippen molar-refractivity contribution in [2.24, 2.45) is 0 Å². The van der Waals surface area contributed by atoms with Crippen molar-refractivity contribution in [2.45, 2.75) is 25.8 Å². The molecule has 5 rings (SSSR count). The molecule has 2 aliphatic heterocycles. The topological polar surface area (TPSA) is 84.4 Å². The Morgan fingerprint density at radius 2 is 2.09 bits per heavy atom. The number of pyridine rings is 3. The average molecular weight is 501 g/mol. The minimum Gasteiger partial charge on any atom is -0.483 e. The summed E-state index contributed by atoms with van der Waals surface area (Å²) in [6, 6.07) is 5.34. The van der Waals surface area contributed by atoms with Crippen LogP contribution in [0.3, 0.4) is 0 Å². The van der Waals surface area contributed by atoms with Gasteiger partial charge in [-0.3, -0.25) is 4.98 Å². The summed E-state index contributed by atoms with van der Waals surface area (Å²) in [5.41, 5.74) is 3.56. The fraction of sp³-hybridized carbons (Fsp3) is 0.400. The van der Waals surface area contributed by atoms with Crippen molar-refractivity contribution in [2.75, 3.05) is 45.7 Å². The lowest BCUT2D eigenvalue weighted by Crippen LogP contribution is -2.22. The molecule has 8 nitrogen and oxygen atoms in total. The largest absolute Gasteiger partial charge is 0.483 e. The van der Waals surface area contributed by atoms with Gasteiger partial charge in [0.15, 0.2) is 11.6 Å². The van der Waals surface area contributed by atoms with Crippen LogP contribution in [0, 0.1) is 5.82 Å². The van der Waals surface area contributed by atoms with Gasteiger partial charge in [-0.15, -0.1) is 0 Å². The second-order valence-corrected chi connectivity index (χ2v) is 8.82. The van der Waals surface area contributed by atoms with Crippen LogP contribution in [-0.4, -0.2) is 60.3 Å². The SMILES string of the molecule is C=C1COc2cc(Cl)c(CNC)nc2N1.COc1ccc2ncc(F)c(CCN3CCCC3)c2n1. The third-order valence-corrected chi connectivity index (χ3v) is 6.21. The first kappa shape index (κ1) is 25.1. The van der Waals surface area contributed by atoms with Crippen molar-refractivity contribution in [3.05, 3.63) is 58.8 Å². The molecule has 0 unspecified atom stereocenters. The average Bonchev–Trinajstić information content (AvgIpc) is 3.38. The van der Waals surface area contributed by atoms with E-state index in [0.717, 1.165) is 31.0 Å². The molecule has 35 heavy (non-hydrogen) atoms. The number of rotatable bonds is 6. The van der Waals surface area contributed by atoms with Crippen LogP contribution in [0.1, 0.15) is 24.1 Å². The number of aromatic nitrogens is 3. The summed E-state index contributed by atoms with van der Waals surface area (Å²) in [7, 11) is 3.41. The highest BCUT2D eigenvalue weighted by Gasteiger charge is 2.17. The van der Waals surface area contributed by atoms with Gasteiger partial charge in [-0.2, -0.15) is 0 Å². The summed E-state index contributed by atoms with van der Waals surface area (Å²) in [5, 5.41) is 6.68. The van der Waals surface area contributed by atoms with E-state index in [1.807, 2.05) is 13.1 Å². The molecule has 10 heteroatoms. The van der Waals surface area contributed by atoms with E-state index < -0.39 is 0 Å². The molecule has 3 aromatic rings. The molecular weight excluding hydrogens is 471 g/mol. The van der Waals surface area contributed by atoms with Crippen molar-refractivity contribution in [3.63, 3.8) is 0 Å². The van der Waals surface area contributed by atoms with E-state index >= 15 is 0 Å². The maximum Gasteiger partial charge on any atom is 0.213 e. The quantitative estimate of drug-likeness (QED) is 0.521. The predicted molar refractivity (Wildman–Crippen MR) is 136 cm³/mol. The van der Waals surface area contributed by atoms with Gasteiger partial charge >= 0.3 is 0 Å². The first-order valence-electron chi connectivity index (χ1n) is 11.6. The maximum absolute atomic E-state index is 14.1. The Bertz CT molecular complexity index is 1200. The number of anilines is 1. The summed E-state index contributed by atoms with van der Waals surface area (Å²) < 4.78 is 24.6. The Labute approximate surface area is 209 Å². The van der Waals surface area contributed by atoms with Gasteiger partial charge in [-0.05, 0) is 45.5 Å². The molecule has 2 N–H and O–H groups in total. The fourth-order valence-electron chi connectivity index (χ4n) is 4.07. The smallest absolute Gasteiger partial charge is 0.213 e. The lowest BCUT2D eigenvalue weighted by atomic mass is 10.1. The summed E-state index contributed by atoms with van der Waals surface area (Å²) in [6.07, 6.45) is 4.43. The molecule has 186 valence electrons. The zero-order valence-electron chi connectivity index (χ0n) is 20.0. The molecule has 0 amide bonds. The molecule has 0 bridgehead atoms. The van der Waals surface area contributed by atoms with E-state index in [9.17, 15) is 4.39 Å². The van der Waals surface area contributed by atoms with Crippen molar-refractivity contribution in [1.29, 1.82) is 0 Å². The molecular formula is C25H30ClFN6O2. The Morgan fingerprint density at radius 3 is 2.83 bits per heavy atom. The van der Waals surface area contributed by atoms with E-state index in [1.165, 1.54) is 19.0 Å². The molecule has 3 aromatic heterocycles. The second-order valence-electron chi connectivity index (χ2n) is 8.42. The first-order valence-corrected chi connectivity index (χ1v) is 12.0. The second kappa shape index (κ2) is 11.6. The van der Waals surface area contributed by atoms with Gasteiger partial charge in [-0.1, -0.05) is 18.2 Å². The minimum absolute atomic E-state index is 0.280. The van der Waals surface area contributed by atoms with Crippen LogP contribution in [-0.2, 0) is 13.0 Å². The first-order chi connectivity index (χ1) is 17.0. The normalized spacial score (nSPS) is 15.1. The van der Waals surface area contributed by atoms with Gasteiger partial charge in [0, 0.05) is 36.5 Å². The number of methoxy groups -OCH3 is 1. The number of hydrogen-bond donors (Lipinski definition) is 2. The van der Waals surface area contributed by atoms with Gasteiger partial charge in [0.25, 0.3) is 0 Å². The molecule has 0 aromatic carbocycles. The van der Waals surface area contributed by atoms with E-state index in [-0.39, 0.29) is 5.82 Å². The van der Waals surface area contributed by atoms with Crippen LogP contribution < -0.4 is 20.1 Å². The Hall–Kier alpha value is -3.01. The van der Waals surface area contributed by atoms with Crippen molar-refractivity contribution < 1.29 is 13.9 Å². The monoisotopic (exact) mass is 500 g/mol. The van der Waals surface area contributed by atoms with Gasteiger partial charge in [0.05, 0.1) is 35.1 Å². The summed E-state index contributed by atoms with van der Waals surface area (Å²) in [5.74, 6) is 1.57. The standard InChI is InChI=1S/C15H18FN3O.C10H12ClN3O/c1-20-14-5-4-13-15(18-14)11(12(16)10-17-13)6-9-19-7-2-3-8-19;1-6-5-15-9-3-7(11)8(4-12-2)14-10(9)13-6/h4-5,10H,2-3,6-9H2,1H3;3,12H,1,4-5H2,2H3,(H,13,14). The maximum atomic E-state index is 14.1. The third-order valence-electron chi connectivity index (χ3n) is 5.88. The van der Waals surface area contributed by atoms with E-state index in [2.05, 4.69) is 37.1 Å². The highest BCUT2D eigenvalue weighted by Crippen LogP contribution is 2.32. The number of nitrogens with one attached hydrogen (secondary N) is 2. The van der Waals surface area contributed by atoms with E-state index in [4.69, 9.17) is 21.1 Å². The molecule has 0 atom stereocenters. The number of hydrogen-bond acceptors (Lipinski definition) is 8. The van der Waals surface area contributed by atoms with Crippen LogP contribution in [0.15, 0.2) is 36.7 Å². The van der Waals surface area contributed by atoms with Gasteiger partial charge in [0.1, 0.15) is 12.4 Å². The van der Waals surface area contributed by atoms with Gasteiger partial charge in [-0.25, -0.2) is 14.4 Å². The fourth-order valence-corrected chi connectivity index (χ4v) is 4.28. The molecule has 1 fully saturated rings. The minimum atomic E-state index is -0.280. The molecule has 2 aliphatic rings. The summed E-state index contributed by atoms with van der Waals surface area (Å²) >= 11 is 6.04. The molecule has 5 heterocycles. The van der Waals surface area contributed by atoms with Crippen LogP contribution in [0.2, 0.25) is 5.02 Å². The van der Waals surface area contributed by atoms with Crippen LogP contribution in [0.5, 0.6) is 11.6 Å². The van der Waals surface area contributed by atoms with Crippen LogP contribution in [0.4, 0.5) is 10.2 Å². The molecule has 0 aliphatic carbocycles. The molecule has 0 saturated carbocycles.